The van der Waals surface area contributed by atoms with E-state index in [1.807, 2.05) is 0 Å². The van der Waals surface area contributed by atoms with E-state index in [4.69, 9.17) is 9.66 Å². The molecule has 0 saturated heterocycles. The molecule has 0 spiro atoms. The van der Waals surface area contributed by atoms with E-state index >= 15 is 0 Å². The van der Waals surface area contributed by atoms with Gasteiger partial charge in [0.15, 0.2) is 5.25 Å². The Morgan fingerprint density at radius 3 is 1.38 bits per heavy atom. The summed E-state index contributed by atoms with van der Waals surface area (Å²) >= 11 is 0. The quantitative estimate of drug-likeness (QED) is 0.105. The van der Waals surface area contributed by atoms with Crippen LogP contribution < -0.4 is 17.6 Å². The summed E-state index contributed by atoms with van der Waals surface area (Å²) in [6.45, 7) is 2.63. The minimum Gasteiger partial charge on any atom is -0.480 e. The number of rotatable bonds is 21. The van der Waals surface area contributed by atoms with E-state index in [9.17, 15) is 18.0 Å². The van der Waals surface area contributed by atoms with E-state index in [0.29, 0.717) is 6.54 Å². The van der Waals surface area contributed by atoms with Crippen molar-refractivity contribution in [1.29, 1.82) is 0 Å². The van der Waals surface area contributed by atoms with Gasteiger partial charge in [-0.2, -0.15) is 8.42 Å². The maximum Gasteiger partial charge on any atom is 0.324 e. The average Bonchev–Trinajstić information content (AvgIpc) is 2.67. The molecular weight excluding hydrogens is 434 g/mol. The topological polar surface area (TPSA) is 191 Å². The van der Waals surface area contributed by atoms with Crippen LogP contribution in [0.25, 0.3) is 0 Å². The van der Waals surface area contributed by atoms with Crippen LogP contribution in [-0.4, -0.2) is 41.7 Å². The molecule has 9 N–H and O–H groups in total. The van der Waals surface area contributed by atoms with Gasteiger partial charge in [0.1, 0.15) is 0 Å². The van der Waals surface area contributed by atoms with Crippen LogP contribution in [0.15, 0.2) is 0 Å². The van der Waals surface area contributed by atoms with Crippen molar-refractivity contribution in [3.8, 4) is 0 Å². The molecule has 0 fully saturated rings. The highest BCUT2D eigenvalue weighted by molar-refractivity contribution is 7.87. The molecule has 0 radical (unpaired) electrons. The number of aliphatic carboxylic acids is 1. The molecule has 32 heavy (non-hydrogen) atoms. The first-order chi connectivity index (χ1) is 14.3. The number of carboxylic acid groups (broad SMARTS) is 1. The molecule has 1 atom stereocenters. The summed E-state index contributed by atoms with van der Waals surface area (Å²) < 4.78 is 30.7. The number of hydrogen-bond acceptors (Lipinski definition) is 6. The lowest BCUT2D eigenvalue weighted by atomic mass is 10.0. The molecule has 0 aromatic rings. The fraction of sp³-hybridized carbons (Fsp3) is 0.909. The van der Waals surface area contributed by atoms with Gasteiger partial charge < -0.3 is 22.7 Å². The third-order valence-electron chi connectivity index (χ3n) is 5.36. The molecule has 0 aromatic carbocycles. The highest BCUT2D eigenvalue weighted by Crippen LogP contribution is 2.13. The van der Waals surface area contributed by atoms with E-state index in [1.165, 1.54) is 83.5 Å². The van der Waals surface area contributed by atoms with E-state index in [-0.39, 0.29) is 12.3 Å². The van der Waals surface area contributed by atoms with E-state index in [2.05, 4.69) is 12.2 Å². The second-order valence-corrected chi connectivity index (χ2v) is 9.80. The Morgan fingerprint density at radius 2 is 1.06 bits per heavy atom. The number of carbonyl (C=O) groups is 2. The van der Waals surface area contributed by atoms with Gasteiger partial charge in [-0.1, -0.05) is 103 Å². The van der Waals surface area contributed by atoms with Crippen molar-refractivity contribution in [3.63, 3.8) is 0 Å². The Labute approximate surface area is 195 Å². The lowest BCUT2D eigenvalue weighted by molar-refractivity contribution is -0.138. The molecule has 0 saturated carbocycles. The van der Waals surface area contributed by atoms with Crippen molar-refractivity contribution in [3.05, 3.63) is 0 Å². The SMILES string of the molecule is CCCCCCCCCCCCCCCCCCNC(=O)CC(C(=O)O)S(=O)(=O)O.N.N. The van der Waals surface area contributed by atoms with Crippen LogP contribution in [0.4, 0.5) is 0 Å². The van der Waals surface area contributed by atoms with Gasteiger partial charge in [-0.05, 0) is 6.42 Å². The van der Waals surface area contributed by atoms with Gasteiger partial charge in [0.05, 0.1) is 6.42 Å². The summed E-state index contributed by atoms with van der Waals surface area (Å²) in [7, 11) is -4.78. The molecule has 194 valence electrons. The first-order valence-corrected chi connectivity index (χ1v) is 13.2. The van der Waals surface area contributed by atoms with Gasteiger partial charge in [-0.25, -0.2) is 0 Å². The molecular formula is C22H49N3O6S. The van der Waals surface area contributed by atoms with Crippen LogP contribution in [0, 0.1) is 0 Å². The summed E-state index contributed by atoms with van der Waals surface area (Å²) in [5, 5.41) is 9.16. The molecule has 1 amide bonds. The minimum absolute atomic E-state index is 0. The Morgan fingerprint density at radius 1 is 0.719 bits per heavy atom. The number of hydrogen-bond donors (Lipinski definition) is 5. The van der Waals surface area contributed by atoms with E-state index in [0.717, 1.165) is 19.3 Å². The van der Waals surface area contributed by atoms with E-state index in [1.54, 1.807) is 0 Å². The molecule has 0 aliphatic rings. The maximum atomic E-state index is 11.6. The van der Waals surface area contributed by atoms with E-state index < -0.39 is 33.7 Å². The van der Waals surface area contributed by atoms with Crippen LogP contribution in [0.1, 0.15) is 116 Å². The zero-order valence-corrected chi connectivity index (χ0v) is 21.0. The maximum absolute atomic E-state index is 11.6. The van der Waals surface area contributed by atoms with Gasteiger partial charge in [-0.15, -0.1) is 0 Å². The third kappa shape index (κ3) is 22.0. The Kier molecular flexibility index (Phi) is 25.4. The van der Waals surface area contributed by atoms with Crippen LogP contribution >= 0.6 is 0 Å². The number of nitrogens with one attached hydrogen (secondary N) is 1. The molecule has 0 rings (SSSR count). The van der Waals surface area contributed by atoms with Crippen molar-refractivity contribution in [2.75, 3.05) is 6.54 Å². The zero-order valence-electron chi connectivity index (χ0n) is 20.2. The predicted molar refractivity (Wildman–Crippen MR) is 130 cm³/mol. The summed E-state index contributed by atoms with van der Waals surface area (Å²) in [6, 6.07) is 0. The first-order valence-electron chi connectivity index (χ1n) is 11.7. The summed E-state index contributed by atoms with van der Waals surface area (Å²) in [4.78, 5) is 22.4. The summed E-state index contributed by atoms with van der Waals surface area (Å²) in [6.07, 6.45) is 19.4. The highest BCUT2D eigenvalue weighted by atomic mass is 32.2. The highest BCUT2D eigenvalue weighted by Gasteiger charge is 2.33. The van der Waals surface area contributed by atoms with Crippen molar-refractivity contribution in [2.24, 2.45) is 0 Å². The lowest BCUT2D eigenvalue weighted by Gasteiger charge is -2.09. The monoisotopic (exact) mass is 483 g/mol. The predicted octanol–water partition coefficient (Wildman–Crippen LogP) is 5.42. The number of unbranched alkanes of at least 4 members (excludes halogenated alkanes) is 15. The molecule has 0 aliphatic carbocycles. The van der Waals surface area contributed by atoms with Crippen LogP contribution in [-0.2, 0) is 19.7 Å². The van der Waals surface area contributed by atoms with Crippen molar-refractivity contribution < 1.29 is 27.7 Å². The van der Waals surface area contributed by atoms with Crippen LogP contribution in [0.3, 0.4) is 0 Å². The summed E-state index contributed by atoms with van der Waals surface area (Å²) in [5.74, 6) is -2.41. The first kappa shape index (κ1) is 35.4. The molecule has 0 heterocycles. The van der Waals surface area contributed by atoms with Crippen molar-refractivity contribution >= 4 is 22.0 Å². The van der Waals surface area contributed by atoms with Crippen LogP contribution in [0.5, 0.6) is 0 Å². The number of carbonyl (C=O) groups excluding carboxylic acids is 1. The largest absolute Gasteiger partial charge is 0.480 e. The lowest BCUT2D eigenvalue weighted by Crippen LogP contribution is -2.36. The smallest absolute Gasteiger partial charge is 0.324 e. The molecule has 10 heteroatoms. The Bertz CT molecular complexity index is 558. The molecule has 1 unspecified atom stereocenters. The van der Waals surface area contributed by atoms with Gasteiger partial charge in [0.25, 0.3) is 10.1 Å². The Hall–Kier alpha value is -1.23. The van der Waals surface area contributed by atoms with Crippen LogP contribution in [0.2, 0.25) is 0 Å². The molecule has 9 nitrogen and oxygen atoms in total. The van der Waals surface area contributed by atoms with Crippen molar-refractivity contribution in [2.45, 2.75) is 121 Å². The number of carboxylic acids is 1. The van der Waals surface area contributed by atoms with Gasteiger partial charge in [0.2, 0.25) is 5.91 Å². The fourth-order valence-electron chi connectivity index (χ4n) is 3.46. The third-order valence-corrected chi connectivity index (χ3v) is 6.45. The summed E-state index contributed by atoms with van der Waals surface area (Å²) in [5.41, 5.74) is 0. The van der Waals surface area contributed by atoms with Gasteiger partial charge in [0, 0.05) is 6.54 Å². The van der Waals surface area contributed by atoms with Crippen molar-refractivity contribution in [1.82, 2.24) is 17.6 Å². The van der Waals surface area contributed by atoms with Gasteiger partial charge >= 0.3 is 5.97 Å². The Balaban J connectivity index is -0.00000420. The second kappa shape index (κ2) is 22.9. The number of amides is 1. The second-order valence-electron chi connectivity index (χ2n) is 8.20. The average molecular weight is 484 g/mol. The minimum atomic E-state index is -4.78. The molecule has 0 bridgehead atoms. The molecule has 0 aliphatic heterocycles. The molecule has 0 aromatic heterocycles. The zero-order chi connectivity index (χ0) is 22.7. The van der Waals surface area contributed by atoms with Gasteiger partial charge in [-0.3, -0.25) is 14.1 Å². The standard InChI is InChI=1S/C22H43NO6S.2H3N/c1-2-3-4-5-6-7-8-9-10-11-12-13-14-15-16-17-18-23-21(24)19-20(22(25)26)30(27,28)29;;/h20H,2-19H2,1H3,(H,23,24)(H,25,26)(H,27,28,29);2*1H3. The normalized spacial score (nSPS) is 11.8. The fourth-order valence-corrected chi connectivity index (χ4v) is 4.08.